The Hall–Kier alpha value is -1.56. The fourth-order valence-electron chi connectivity index (χ4n) is 1.42. The van der Waals surface area contributed by atoms with Crippen LogP contribution in [0.25, 0.3) is 5.57 Å². The molecule has 0 heterocycles. The van der Waals surface area contributed by atoms with Gasteiger partial charge in [0.2, 0.25) is 0 Å². The van der Waals surface area contributed by atoms with Gasteiger partial charge in [0.1, 0.15) is 0 Å². The van der Waals surface area contributed by atoms with Crippen molar-refractivity contribution < 1.29 is 0 Å². The number of hydrogen-bond acceptors (Lipinski definition) is 0. The van der Waals surface area contributed by atoms with E-state index in [0.29, 0.717) is 0 Å². The molecule has 0 fully saturated rings. The number of benzene rings is 1. The Balaban J connectivity index is 0.00000121. The van der Waals surface area contributed by atoms with Crippen molar-refractivity contribution >= 4 is 5.57 Å². The molecule has 92 valence electrons. The Morgan fingerprint density at radius 3 is 1.88 bits per heavy atom. The highest BCUT2D eigenvalue weighted by Crippen LogP contribution is 2.18. The lowest BCUT2D eigenvalue weighted by atomic mass is 10.0. The second-order valence-corrected chi connectivity index (χ2v) is 4.03. The second kappa shape index (κ2) is 8.58. The highest BCUT2D eigenvalue weighted by atomic mass is 14.0. The molecular formula is C17H24. The Kier molecular flexibility index (Phi) is 7.79. The zero-order valence-electron chi connectivity index (χ0n) is 11.7. The van der Waals surface area contributed by atoms with E-state index < -0.39 is 0 Å². The minimum absolute atomic E-state index is 1.08. The summed E-state index contributed by atoms with van der Waals surface area (Å²) in [5.74, 6) is 0. The maximum Gasteiger partial charge on any atom is -0.0182 e. The molecule has 0 saturated carbocycles. The van der Waals surface area contributed by atoms with E-state index in [9.17, 15) is 0 Å². The third-order valence-electron chi connectivity index (χ3n) is 1.95. The van der Waals surface area contributed by atoms with Crippen molar-refractivity contribution in [2.75, 3.05) is 0 Å². The minimum Gasteiger partial charge on any atom is -0.0961 e. The Morgan fingerprint density at radius 1 is 0.941 bits per heavy atom. The molecule has 0 saturated heterocycles. The number of allylic oxidation sites excluding steroid dienone is 5. The molecular weight excluding hydrogens is 204 g/mol. The molecule has 0 aromatic heterocycles. The van der Waals surface area contributed by atoms with Crippen LogP contribution in [0.1, 0.15) is 40.2 Å². The van der Waals surface area contributed by atoms with Crippen molar-refractivity contribution in [1.29, 1.82) is 0 Å². The first-order valence-corrected chi connectivity index (χ1v) is 6.17. The third kappa shape index (κ3) is 6.57. The Morgan fingerprint density at radius 2 is 1.47 bits per heavy atom. The zero-order chi connectivity index (χ0) is 13.3. The van der Waals surface area contributed by atoms with Crippen molar-refractivity contribution in [3.63, 3.8) is 0 Å². The van der Waals surface area contributed by atoms with Crippen molar-refractivity contribution in [2.45, 2.75) is 34.6 Å². The van der Waals surface area contributed by atoms with Crippen LogP contribution in [0.4, 0.5) is 0 Å². The van der Waals surface area contributed by atoms with Crippen LogP contribution in [0.15, 0.2) is 60.2 Å². The summed E-state index contributed by atoms with van der Waals surface area (Å²) in [7, 11) is 0. The lowest BCUT2D eigenvalue weighted by Crippen LogP contribution is -1.82. The van der Waals surface area contributed by atoms with Gasteiger partial charge in [-0.1, -0.05) is 74.1 Å². The smallest absolute Gasteiger partial charge is 0.0182 e. The summed E-state index contributed by atoms with van der Waals surface area (Å²) < 4.78 is 0. The summed E-state index contributed by atoms with van der Waals surface area (Å²) in [4.78, 5) is 0. The first-order chi connectivity index (χ1) is 8.09. The van der Waals surface area contributed by atoms with E-state index in [2.05, 4.69) is 56.8 Å². The molecule has 0 heteroatoms. The molecule has 1 rings (SSSR count). The number of hydrogen-bond donors (Lipinski definition) is 0. The summed E-state index contributed by atoms with van der Waals surface area (Å²) in [6.45, 7) is 14.2. The van der Waals surface area contributed by atoms with Crippen molar-refractivity contribution in [1.82, 2.24) is 0 Å². The zero-order valence-corrected chi connectivity index (χ0v) is 11.7. The summed E-state index contributed by atoms with van der Waals surface area (Å²) in [5.41, 5.74) is 4.84. The molecule has 0 nitrogen and oxygen atoms in total. The van der Waals surface area contributed by atoms with Crippen LogP contribution in [-0.4, -0.2) is 0 Å². The molecule has 0 unspecified atom stereocenters. The van der Waals surface area contributed by atoms with Gasteiger partial charge in [0.05, 0.1) is 0 Å². The first kappa shape index (κ1) is 15.4. The van der Waals surface area contributed by atoms with E-state index in [1.54, 1.807) is 0 Å². The van der Waals surface area contributed by atoms with E-state index in [1.807, 2.05) is 26.8 Å². The molecule has 0 bridgehead atoms. The van der Waals surface area contributed by atoms with Crippen LogP contribution < -0.4 is 0 Å². The predicted molar refractivity (Wildman–Crippen MR) is 80.0 cm³/mol. The van der Waals surface area contributed by atoms with Crippen LogP contribution in [0.5, 0.6) is 0 Å². The monoisotopic (exact) mass is 228 g/mol. The van der Waals surface area contributed by atoms with E-state index in [0.717, 1.165) is 5.57 Å². The average molecular weight is 228 g/mol. The van der Waals surface area contributed by atoms with Gasteiger partial charge in [-0.3, -0.25) is 0 Å². The van der Waals surface area contributed by atoms with Crippen LogP contribution in [0.3, 0.4) is 0 Å². The predicted octanol–water partition coefficient (Wildman–Crippen LogP) is 5.64. The Labute approximate surface area is 106 Å². The number of rotatable bonds is 3. The van der Waals surface area contributed by atoms with E-state index in [-0.39, 0.29) is 0 Å². The van der Waals surface area contributed by atoms with E-state index in [1.165, 1.54) is 16.7 Å². The van der Waals surface area contributed by atoms with Crippen LogP contribution in [0, 0.1) is 0 Å². The first-order valence-electron chi connectivity index (χ1n) is 6.17. The van der Waals surface area contributed by atoms with Gasteiger partial charge in [0.25, 0.3) is 0 Å². The summed E-state index contributed by atoms with van der Waals surface area (Å²) in [5, 5.41) is 0. The molecule has 1 aromatic carbocycles. The molecule has 0 atom stereocenters. The van der Waals surface area contributed by atoms with Crippen molar-refractivity contribution in [3.8, 4) is 0 Å². The molecule has 1 aromatic rings. The van der Waals surface area contributed by atoms with Gasteiger partial charge in [-0.2, -0.15) is 0 Å². The second-order valence-electron chi connectivity index (χ2n) is 4.03. The summed E-state index contributed by atoms with van der Waals surface area (Å²) in [6.07, 6.45) is 4.30. The fraction of sp³-hybridized carbons (Fsp3) is 0.294. The molecule has 0 N–H and O–H groups in total. The van der Waals surface area contributed by atoms with Crippen molar-refractivity contribution in [2.24, 2.45) is 0 Å². The van der Waals surface area contributed by atoms with Crippen LogP contribution in [0.2, 0.25) is 0 Å². The topological polar surface area (TPSA) is 0 Å². The molecule has 0 spiro atoms. The largest absolute Gasteiger partial charge is 0.0961 e. The van der Waals surface area contributed by atoms with Gasteiger partial charge >= 0.3 is 0 Å². The van der Waals surface area contributed by atoms with Gasteiger partial charge in [0.15, 0.2) is 0 Å². The van der Waals surface area contributed by atoms with Gasteiger partial charge in [-0.15, -0.1) is 0 Å². The van der Waals surface area contributed by atoms with E-state index in [4.69, 9.17) is 0 Å². The van der Waals surface area contributed by atoms with Crippen LogP contribution >= 0.6 is 0 Å². The van der Waals surface area contributed by atoms with Crippen molar-refractivity contribution in [3.05, 3.63) is 65.8 Å². The molecule has 0 aliphatic rings. The van der Waals surface area contributed by atoms with E-state index >= 15 is 0 Å². The van der Waals surface area contributed by atoms with Crippen LogP contribution in [-0.2, 0) is 0 Å². The maximum atomic E-state index is 3.92. The molecule has 0 amide bonds. The standard InChI is InChI=1S/C15H18.C2H6/c1-12(2)10-15(11-13(3)4)14-8-6-5-7-9-14;1-2/h5-11H,1H2,2-4H3;1-2H3/b15-10+;. The molecule has 0 aliphatic carbocycles. The highest BCUT2D eigenvalue weighted by Gasteiger charge is 1.96. The molecule has 0 aliphatic heterocycles. The summed E-state index contributed by atoms with van der Waals surface area (Å²) >= 11 is 0. The SMILES string of the molecule is C=C(C)/C=C(\C=C(C)C)c1ccccc1.CC. The average Bonchev–Trinajstić information content (AvgIpc) is 2.31. The lowest BCUT2D eigenvalue weighted by molar-refractivity contribution is 1.39. The quantitative estimate of drug-likeness (QED) is 0.587. The van der Waals surface area contributed by atoms with Gasteiger partial charge in [0, 0.05) is 0 Å². The molecule has 17 heavy (non-hydrogen) atoms. The molecule has 0 radical (unpaired) electrons. The highest BCUT2D eigenvalue weighted by molar-refractivity contribution is 5.76. The fourth-order valence-corrected chi connectivity index (χ4v) is 1.42. The van der Waals surface area contributed by atoms with Gasteiger partial charge < -0.3 is 0 Å². The Bertz CT molecular complexity index is 387. The third-order valence-corrected chi connectivity index (χ3v) is 1.95. The lowest BCUT2D eigenvalue weighted by Gasteiger charge is -2.03. The van der Waals surface area contributed by atoms with Gasteiger partial charge in [-0.05, 0) is 31.9 Å². The normalized spacial score (nSPS) is 10.1. The summed E-state index contributed by atoms with van der Waals surface area (Å²) in [6, 6.07) is 10.4. The minimum atomic E-state index is 1.08. The van der Waals surface area contributed by atoms with Gasteiger partial charge in [-0.25, -0.2) is 0 Å². The maximum absolute atomic E-state index is 3.92.